The molecule has 0 fully saturated rings. The summed E-state index contributed by atoms with van der Waals surface area (Å²) in [6.07, 6.45) is 3.95. The van der Waals surface area contributed by atoms with Gasteiger partial charge in [-0.1, -0.05) is 32.0 Å². The molecule has 144 valence electrons. The Hall–Kier alpha value is -3.60. The van der Waals surface area contributed by atoms with E-state index in [1.54, 1.807) is 22.9 Å². The minimum absolute atomic E-state index is 0.127. The van der Waals surface area contributed by atoms with Crippen molar-refractivity contribution in [2.75, 3.05) is 0 Å². The summed E-state index contributed by atoms with van der Waals surface area (Å²) >= 11 is 0. The number of halogens is 1. The van der Waals surface area contributed by atoms with Crippen molar-refractivity contribution in [3.63, 3.8) is 0 Å². The third kappa shape index (κ3) is 3.59. The largest absolute Gasteiger partial charge is 0.299 e. The Bertz CT molecular complexity index is 1210. The second-order valence-electron chi connectivity index (χ2n) is 7.08. The molecule has 5 heteroatoms. The first kappa shape index (κ1) is 18.7. The number of aromatic nitrogens is 3. The van der Waals surface area contributed by atoms with Crippen molar-refractivity contribution in [3.05, 3.63) is 83.8 Å². The number of para-hydroxylation sites is 1. The van der Waals surface area contributed by atoms with Crippen molar-refractivity contribution in [1.29, 1.82) is 0 Å². The normalized spacial score (nSPS) is 11.6. The van der Waals surface area contributed by atoms with Crippen LogP contribution in [0.25, 0.3) is 34.1 Å². The molecule has 2 heterocycles. The Morgan fingerprint density at radius 3 is 2.48 bits per heavy atom. The van der Waals surface area contributed by atoms with Gasteiger partial charge < -0.3 is 0 Å². The molecule has 0 aliphatic heterocycles. The van der Waals surface area contributed by atoms with Gasteiger partial charge in [-0.25, -0.2) is 14.1 Å². The first-order valence-electron chi connectivity index (χ1n) is 9.45. The standard InChI is InChI=1S/C24H20FN3O/c1-16(2)23-20(7-5-15-29)24(18-9-12-19(25)13-10-18)28(27-23)22-14-11-17-6-3-4-8-21(17)26-22/h3-16H,1-2H3/b7-5+. The van der Waals surface area contributed by atoms with Gasteiger partial charge in [0.15, 0.2) is 5.82 Å². The summed E-state index contributed by atoms with van der Waals surface area (Å²) in [6.45, 7) is 4.10. The number of rotatable bonds is 5. The number of benzene rings is 2. The summed E-state index contributed by atoms with van der Waals surface area (Å²) in [5.74, 6) is 0.482. The van der Waals surface area contributed by atoms with E-state index in [9.17, 15) is 9.18 Å². The third-order valence-corrected chi connectivity index (χ3v) is 4.76. The molecule has 0 atom stereocenters. The van der Waals surface area contributed by atoms with Crippen molar-refractivity contribution in [1.82, 2.24) is 14.8 Å². The van der Waals surface area contributed by atoms with Gasteiger partial charge in [-0.2, -0.15) is 5.10 Å². The smallest absolute Gasteiger partial charge is 0.154 e. The van der Waals surface area contributed by atoms with E-state index in [1.807, 2.05) is 50.2 Å². The molecule has 0 unspecified atom stereocenters. The molecule has 0 saturated heterocycles. The van der Waals surface area contributed by atoms with Gasteiger partial charge in [-0.05, 0) is 60.5 Å². The second-order valence-corrected chi connectivity index (χ2v) is 7.08. The first-order chi connectivity index (χ1) is 14.1. The second kappa shape index (κ2) is 7.80. The van der Waals surface area contributed by atoms with Crippen LogP contribution in [0, 0.1) is 5.82 Å². The van der Waals surface area contributed by atoms with Crippen molar-refractivity contribution in [3.8, 4) is 17.1 Å². The van der Waals surface area contributed by atoms with E-state index in [1.165, 1.54) is 18.2 Å². The van der Waals surface area contributed by atoms with Crippen molar-refractivity contribution >= 4 is 23.3 Å². The zero-order valence-corrected chi connectivity index (χ0v) is 16.2. The van der Waals surface area contributed by atoms with Crippen LogP contribution < -0.4 is 0 Å². The Balaban J connectivity index is 2.02. The highest BCUT2D eigenvalue weighted by Gasteiger charge is 2.21. The lowest BCUT2D eigenvalue weighted by molar-refractivity contribution is -0.104. The van der Waals surface area contributed by atoms with Gasteiger partial charge in [-0.3, -0.25) is 4.79 Å². The molecule has 0 saturated carbocycles. The number of carbonyl (C=O) groups excluding carboxylic acids is 1. The lowest BCUT2D eigenvalue weighted by atomic mass is 10.00. The summed E-state index contributed by atoms with van der Waals surface area (Å²) in [5, 5.41) is 5.87. The van der Waals surface area contributed by atoms with Crippen molar-refractivity contribution in [2.45, 2.75) is 19.8 Å². The van der Waals surface area contributed by atoms with E-state index in [2.05, 4.69) is 0 Å². The number of carbonyl (C=O) groups is 1. The minimum Gasteiger partial charge on any atom is -0.299 e. The highest BCUT2D eigenvalue weighted by molar-refractivity contribution is 5.83. The number of allylic oxidation sites excluding steroid dienone is 1. The fraction of sp³-hybridized carbons (Fsp3) is 0.125. The van der Waals surface area contributed by atoms with Crippen LogP contribution in [0.15, 0.2) is 66.7 Å². The first-order valence-corrected chi connectivity index (χ1v) is 9.45. The van der Waals surface area contributed by atoms with E-state index in [0.29, 0.717) is 5.82 Å². The Kier molecular flexibility index (Phi) is 5.04. The molecule has 4 nitrogen and oxygen atoms in total. The van der Waals surface area contributed by atoms with Gasteiger partial charge in [0.25, 0.3) is 0 Å². The highest BCUT2D eigenvalue weighted by Crippen LogP contribution is 2.33. The molecule has 4 aromatic rings. The summed E-state index contributed by atoms with van der Waals surface area (Å²) in [4.78, 5) is 15.8. The van der Waals surface area contributed by atoms with E-state index >= 15 is 0 Å². The van der Waals surface area contributed by atoms with Crippen molar-refractivity contribution < 1.29 is 9.18 Å². The van der Waals surface area contributed by atoms with Gasteiger partial charge in [0.1, 0.15) is 12.1 Å². The monoisotopic (exact) mass is 385 g/mol. The molecule has 0 radical (unpaired) electrons. The summed E-state index contributed by atoms with van der Waals surface area (Å²) in [6, 6.07) is 18.1. The predicted octanol–water partition coefficient (Wildman–Crippen LogP) is 5.56. The van der Waals surface area contributed by atoms with Crippen LogP contribution >= 0.6 is 0 Å². The zero-order chi connectivity index (χ0) is 20.4. The summed E-state index contributed by atoms with van der Waals surface area (Å²) < 4.78 is 15.3. The minimum atomic E-state index is -0.308. The van der Waals surface area contributed by atoms with Gasteiger partial charge in [0.05, 0.1) is 16.9 Å². The molecule has 4 rings (SSSR count). The Labute approximate surface area is 168 Å². The molecule has 0 N–H and O–H groups in total. The van der Waals surface area contributed by atoms with E-state index in [-0.39, 0.29) is 11.7 Å². The fourth-order valence-electron chi connectivity index (χ4n) is 3.40. The molecule has 0 spiro atoms. The summed E-state index contributed by atoms with van der Waals surface area (Å²) in [7, 11) is 0. The number of hydrogen-bond acceptors (Lipinski definition) is 3. The van der Waals surface area contributed by atoms with Gasteiger partial charge in [0, 0.05) is 16.5 Å². The quantitative estimate of drug-likeness (QED) is 0.334. The van der Waals surface area contributed by atoms with Crippen LogP contribution in [-0.2, 0) is 4.79 Å². The van der Waals surface area contributed by atoms with Gasteiger partial charge in [-0.15, -0.1) is 0 Å². The number of hydrogen-bond donors (Lipinski definition) is 0. The maximum Gasteiger partial charge on any atom is 0.154 e. The van der Waals surface area contributed by atoms with Crippen LogP contribution in [0.1, 0.15) is 31.0 Å². The maximum absolute atomic E-state index is 13.5. The number of pyridine rings is 1. The lowest BCUT2D eigenvalue weighted by Gasteiger charge is -2.09. The van der Waals surface area contributed by atoms with Crippen LogP contribution in [0.3, 0.4) is 0 Å². The average molecular weight is 385 g/mol. The van der Waals surface area contributed by atoms with Gasteiger partial charge in [0.2, 0.25) is 0 Å². The topological polar surface area (TPSA) is 47.8 Å². The Morgan fingerprint density at radius 2 is 1.76 bits per heavy atom. The maximum atomic E-state index is 13.5. The van der Waals surface area contributed by atoms with Crippen LogP contribution in [-0.4, -0.2) is 21.1 Å². The van der Waals surface area contributed by atoms with E-state index in [4.69, 9.17) is 10.1 Å². The predicted molar refractivity (Wildman–Crippen MR) is 113 cm³/mol. The molecule has 0 bridgehead atoms. The number of aldehydes is 1. The molecular weight excluding hydrogens is 365 g/mol. The molecule has 0 aliphatic rings. The Morgan fingerprint density at radius 1 is 1.00 bits per heavy atom. The van der Waals surface area contributed by atoms with Crippen LogP contribution in [0.5, 0.6) is 0 Å². The molecule has 29 heavy (non-hydrogen) atoms. The molecule has 0 aliphatic carbocycles. The molecule has 0 amide bonds. The van der Waals surface area contributed by atoms with Gasteiger partial charge >= 0.3 is 0 Å². The number of nitrogens with zero attached hydrogens (tertiary/aromatic N) is 3. The molecule has 2 aromatic carbocycles. The highest BCUT2D eigenvalue weighted by atomic mass is 19.1. The van der Waals surface area contributed by atoms with Crippen LogP contribution in [0.2, 0.25) is 0 Å². The lowest BCUT2D eigenvalue weighted by Crippen LogP contribution is -2.03. The van der Waals surface area contributed by atoms with E-state index < -0.39 is 0 Å². The molecule has 2 aromatic heterocycles. The third-order valence-electron chi connectivity index (χ3n) is 4.76. The summed E-state index contributed by atoms with van der Waals surface area (Å²) in [5.41, 5.74) is 4.11. The van der Waals surface area contributed by atoms with Crippen LogP contribution in [0.4, 0.5) is 4.39 Å². The van der Waals surface area contributed by atoms with E-state index in [0.717, 1.165) is 39.7 Å². The van der Waals surface area contributed by atoms with Crippen molar-refractivity contribution in [2.24, 2.45) is 0 Å². The fourth-order valence-corrected chi connectivity index (χ4v) is 3.40. The SMILES string of the molecule is CC(C)c1nn(-c2ccc3ccccc3n2)c(-c2ccc(F)cc2)c1/C=C/C=O. The number of fused-ring (bicyclic) bond motifs is 1. The zero-order valence-electron chi connectivity index (χ0n) is 16.2. The average Bonchev–Trinajstić information content (AvgIpc) is 3.12. The molecular formula is C24H20FN3O.